The molecule has 86 valence electrons. The number of carbonyl (C=O) groups excluding carboxylic acids is 1. The summed E-state index contributed by atoms with van der Waals surface area (Å²) in [4.78, 5) is 15.5. The van der Waals surface area contributed by atoms with Crippen LogP contribution in [-0.2, 0) is 9.53 Å². The summed E-state index contributed by atoms with van der Waals surface area (Å²) in [6, 6.07) is 0. The Morgan fingerprint density at radius 2 is 1.93 bits per heavy atom. The lowest BCUT2D eigenvalue weighted by atomic mass is 9.89. The highest BCUT2D eigenvalue weighted by atomic mass is 16.5. The minimum absolute atomic E-state index is 0.0267. The van der Waals surface area contributed by atoms with Gasteiger partial charge in [0.1, 0.15) is 0 Å². The van der Waals surface area contributed by atoms with Gasteiger partial charge in [0.15, 0.2) is 0 Å². The predicted molar refractivity (Wildman–Crippen MR) is 57.7 cm³/mol. The molecule has 0 radical (unpaired) electrons. The largest absolute Gasteiger partial charge is 0.372 e. The van der Waals surface area contributed by atoms with E-state index in [1.165, 1.54) is 0 Å². The van der Waals surface area contributed by atoms with Gasteiger partial charge in [-0.1, -0.05) is 0 Å². The second-order valence-electron chi connectivity index (χ2n) is 4.78. The van der Waals surface area contributed by atoms with Gasteiger partial charge in [0.05, 0.1) is 12.2 Å². The van der Waals surface area contributed by atoms with Crippen molar-refractivity contribution in [2.24, 2.45) is 0 Å². The van der Waals surface area contributed by atoms with E-state index in [-0.39, 0.29) is 11.5 Å². The van der Waals surface area contributed by atoms with Crippen LogP contribution in [0.1, 0.15) is 19.8 Å². The standard InChI is InChI=1S/C11H20N2O2/c1-10(14)13-5-3-11(4-6-13)9-12(2)7-8-15-11/h3-9H2,1-2H3. The highest BCUT2D eigenvalue weighted by Gasteiger charge is 2.39. The van der Waals surface area contributed by atoms with Crippen molar-refractivity contribution in [3.63, 3.8) is 0 Å². The number of hydrogen-bond donors (Lipinski definition) is 0. The fourth-order valence-electron chi connectivity index (χ4n) is 2.57. The second kappa shape index (κ2) is 4.10. The number of morpholine rings is 1. The highest BCUT2D eigenvalue weighted by molar-refractivity contribution is 5.73. The molecule has 0 bridgehead atoms. The molecule has 2 heterocycles. The molecule has 4 nitrogen and oxygen atoms in total. The van der Waals surface area contributed by atoms with Crippen molar-refractivity contribution >= 4 is 5.91 Å². The Hall–Kier alpha value is -0.610. The first-order valence-electron chi connectivity index (χ1n) is 5.69. The predicted octanol–water partition coefficient (Wildman–Crippen LogP) is 0.330. The first-order chi connectivity index (χ1) is 7.11. The van der Waals surface area contributed by atoms with E-state index in [2.05, 4.69) is 11.9 Å². The molecule has 0 aromatic rings. The lowest BCUT2D eigenvalue weighted by Gasteiger charge is -2.46. The second-order valence-corrected chi connectivity index (χ2v) is 4.78. The summed E-state index contributed by atoms with van der Waals surface area (Å²) in [5, 5.41) is 0. The van der Waals surface area contributed by atoms with Crippen molar-refractivity contribution < 1.29 is 9.53 Å². The monoisotopic (exact) mass is 212 g/mol. The zero-order valence-electron chi connectivity index (χ0n) is 9.66. The van der Waals surface area contributed by atoms with Crippen molar-refractivity contribution in [1.29, 1.82) is 0 Å². The van der Waals surface area contributed by atoms with Gasteiger partial charge >= 0.3 is 0 Å². The van der Waals surface area contributed by atoms with Gasteiger partial charge in [-0.15, -0.1) is 0 Å². The van der Waals surface area contributed by atoms with Crippen LogP contribution in [0, 0.1) is 0 Å². The quantitative estimate of drug-likeness (QED) is 0.580. The highest BCUT2D eigenvalue weighted by Crippen LogP contribution is 2.29. The number of carbonyl (C=O) groups is 1. The smallest absolute Gasteiger partial charge is 0.219 e. The Morgan fingerprint density at radius 1 is 1.27 bits per heavy atom. The molecule has 0 aliphatic carbocycles. The number of rotatable bonds is 0. The van der Waals surface area contributed by atoms with E-state index in [0.717, 1.165) is 45.6 Å². The zero-order valence-corrected chi connectivity index (χ0v) is 9.66. The van der Waals surface area contributed by atoms with Gasteiger partial charge in [-0.3, -0.25) is 4.79 Å². The van der Waals surface area contributed by atoms with Crippen LogP contribution in [0.4, 0.5) is 0 Å². The molecule has 0 N–H and O–H groups in total. The van der Waals surface area contributed by atoms with Crippen molar-refractivity contribution in [2.75, 3.05) is 39.8 Å². The molecule has 0 aromatic carbocycles. The summed E-state index contributed by atoms with van der Waals surface area (Å²) in [6.07, 6.45) is 1.97. The van der Waals surface area contributed by atoms with E-state index in [1.807, 2.05) is 4.90 Å². The molecule has 0 saturated carbocycles. The van der Waals surface area contributed by atoms with Crippen molar-refractivity contribution in [2.45, 2.75) is 25.4 Å². The molecule has 2 saturated heterocycles. The van der Waals surface area contributed by atoms with Crippen molar-refractivity contribution in [3.8, 4) is 0 Å². The summed E-state index contributed by atoms with van der Waals surface area (Å²) in [5.41, 5.74) is 0.0267. The normalized spacial score (nSPS) is 26.9. The zero-order chi connectivity index (χ0) is 10.9. The third kappa shape index (κ3) is 2.32. The van der Waals surface area contributed by atoms with Crippen molar-refractivity contribution in [3.05, 3.63) is 0 Å². The van der Waals surface area contributed by atoms with Crippen LogP contribution in [0.5, 0.6) is 0 Å². The third-order valence-electron chi connectivity index (χ3n) is 3.56. The molecule has 1 amide bonds. The van der Waals surface area contributed by atoms with E-state index in [0.29, 0.717) is 0 Å². The summed E-state index contributed by atoms with van der Waals surface area (Å²) >= 11 is 0. The summed E-state index contributed by atoms with van der Waals surface area (Å²) in [7, 11) is 2.14. The number of amides is 1. The lowest BCUT2D eigenvalue weighted by Crippen LogP contribution is -2.56. The Labute approximate surface area is 91.2 Å². The third-order valence-corrected chi connectivity index (χ3v) is 3.56. The molecule has 2 rings (SSSR count). The maximum Gasteiger partial charge on any atom is 0.219 e. The van der Waals surface area contributed by atoms with Gasteiger partial charge in [-0.05, 0) is 19.9 Å². The van der Waals surface area contributed by atoms with Gasteiger partial charge in [0.25, 0.3) is 0 Å². The average Bonchev–Trinajstić information content (AvgIpc) is 2.18. The number of piperidine rings is 1. The number of ether oxygens (including phenoxy) is 1. The molecule has 0 atom stereocenters. The molecular weight excluding hydrogens is 192 g/mol. The van der Waals surface area contributed by atoms with Crippen LogP contribution >= 0.6 is 0 Å². The molecule has 0 aromatic heterocycles. The van der Waals surface area contributed by atoms with Gasteiger partial charge in [-0.25, -0.2) is 0 Å². The minimum Gasteiger partial charge on any atom is -0.372 e. The lowest BCUT2D eigenvalue weighted by molar-refractivity contribution is -0.146. The number of likely N-dealkylation sites (N-methyl/N-ethyl adjacent to an activating group) is 1. The van der Waals surface area contributed by atoms with Crippen molar-refractivity contribution in [1.82, 2.24) is 9.80 Å². The molecule has 2 aliphatic rings. The van der Waals surface area contributed by atoms with Gasteiger partial charge in [0.2, 0.25) is 5.91 Å². The van der Waals surface area contributed by atoms with Crippen LogP contribution in [0.25, 0.3) is 0 Å². The topological polar surface area (TPSA) is 32.8 Å². The molecule has 1 spiro atoms. The first-order valence-corrected chi connectivity index (χ1v) is 5.69. The maximum absolute atomic E-state index is 11.2. The van der Waals surface area contributed by atoms with Crippen LogP contribution in [0.2, 0.25) is 0 Å². The van der Waals surface area contributed by atoms with E-state index in [1.54, 1.807) is 6.92 Å². The van der Waals surface area contributed by atoms with Gasteiger partial charge in [-0.2, -0.15) is 0 Å². The number of nitrogens with zero attached hydrogens (tertiary/aromatic N) is 2. The Bertz CT molecular complexity index is 247. The fraction of sp³-hybridized carbons (Fsp3) is 0.909. The molecule has 2 aliphatic heterocycles. The van der Waals surface area contributed by atoms with Crippen LogP contribution < -0.4 is 0 Å². The summed E-state index contributed by atoms with van der Waals surface area (Å²) in [5.74, 6) is 0.189. The maximum atomic E-state index is 11.2. The van der Waals surface area contributed by atoms with Crippen LogP contribution in [-0.4, -0.2) is 61.1 Å². The Morgan fingerprint density at radius 3 is 2.47 bits per heavy atom. The molecule has 0 unspecified atom stereocenters. The van der Waals surface area contributed by atoms with E-state index < -0.39 is 0 Å². The SMILES string of the molecule is CC(=O)N1CCC2(CC1)CN(C)CCO2. The number of hydrogen-bond acceptors (Lipinski definition) is 3. The van der Waals surface area contributed by atoms with Crippen LogP contribution in [0.15, 0.2) is 0 Å². The Kier molecular flexibility index (Phi) is 2.98. The molecule has 4 heteroatoms. The summed E-state index contributed by atoms with van der Waals surface area (Å²) < 4.78 is 5.93. The number of likely N-dealkylation sites (tertiary alicyclic amines) is 1. The molecular formula is C11H20N2O2. The molecule has 15 heavy (non-hydrogen) atoms. The van der Waals surface area contributed by atoms with Gasteiger partial charge in [0, 0.05) is 33.1 Å². The van der Waals surface area contributed by atoms with E-state index >= 15 is 0 Å². The Balaban J connectivity index is 1.93. The summed E-state index contributed by atoms with van der Waals surface area (Å²) in [6.45, 7) is 6.21. The van der Waals surface area contributed by atoms with E-state index in [4.69, 9.17) is 4.74 Å². The first kappa shape index (κ1) is 10.9. The van der Waals surface area contributed by atoms with Gasteiger partial charge < -0.3 is 14.5 Å². The molecule has 2 fully saturated rings. The average molecular weight is 212 g/mol. The minimum atomic E-state index is 0.0267. The van der Waals surface area contributed by atoms with E-state index in [9.17, 15) is 4.79 Å². The van der Waals surface area contributed by atoms with Crippen LogP contribution in [0.3, 0.4) is 0 Å². The fourth-order valence-corrected chi connectivity index (χ4v) is 2.57.